The molecular weight excluding hydrogens is 372 g/mol. The van der Waals surface area contributed by atoms with Crippen LogP contribution in [0.4, 0.5) is 0 Å². The SMILES string of the molecule is COc1ccc(-c2cc(CNC(=O)c3cnc4ccccc4n3)no2)cc1OC. The standard InChI is InChI=1S/C21H18N4O4/c1-27-18-8-7-13(9-20(18)28-2)19-10-14(25-29-19)11-23-21(26)17-12-22-15-5-3-4-6-16(15)24-17/h3-10,12H,11H2,1-2H3,(H,23,26). The number of methoxy groups -OCH3 is 2. The zero-order valence-electron chi connectivity index (χ0n) is 15.9. The van der Waals surface area contributed by atoms with Crippen molar-refractivity contribution in [3.8, 4) is 22.8 Å². The van der Waals surface area contributed by atoms with E-state index in [-0.39, 0.29) is 18.1 Å². The first kappa shape index (κ1) is 18.4. The fourth-order valence-electron chi connectivity index (χ4n) is 2.85. The van der Waals surface area contributed by atoms with Gasteiger partial charge >= 0.3 is 0 Å². The molecule has 8 heteroatoms. The number of hydrogen-bond acceptors (Lipinski definition) is 7. The van der Waals surface area contributed by atoms with Gasteiger partial charge in [0.25, 0.3) is 5.91 Å². The number of benzene rings is 2. The molecule has 0 spiro atoms. The van der Waals surface area contributed by atoms with Crippen LogP contribution >= 0.6 is 0 Å². The summed E-state index contributed by atoms with van der Waals surface area (Å²) in [6.45, 7) is 0.199. The number of carbonyl (C=O) groups is 1. The molecule has 0 aliphatic rings. The molecule has 2 aromatic carbocycles. The van der Waals surface area contributed by atoms with Crippen LogP contribution in [0.25, 0.3) is 22.4 Å². The molecule has 0 aliphatic carbocycles. The molecule has 0 unspecified atom stereocenters. The molecule has 4 rings (SSSR count). The summed E-state index contributed by atoms with van der Waals surface area (Å²) in [5.74, 6) is 1.44. The Morgan fingerprint density at radius 1 is 1.03 bits per heavy atom. The maximum absolute atomic E-state index is 12.4. The average Bonchev–Trinajstić information content (AvgIpc) is 3.25. The Bertz CT molecular complexity index is 1170. The molecule has 29 heavy (non-hydrogen) atoms. The summed E-state index contributed by atoms with van der Waals surface area (Å²) in [4.78, 5) is 21.0. The first-order valence-corrected chi connectivity index (χ1v) is 8.86. The van der Waals surface area contributed by atoms with E-state index < -0.39 is 0 Å². The first-order chi connectivity index (χ1) is 14.2. The molecule has 2 aromatic heterocycles. The van der Waals surface area contributed by atoms with Gasteiger partial charge in [-0.3, -0.25) is 9.78 Å². The Hall–Kier alpha value is -3.94. The minimum atomic E-state index is -0.334. The van der Waals surface area contributed by atoms with E-state index in [1.807, 2.05) is 30.3 Å². The first-order valence-electron chi connectivity index (χ1n) is 8.86. The molecule has 146 valence electrons. The average molecular weight is 390 g/mol. The van der Waals surface area contributed by atoms with Gasteiger partial charge in [-0.15, -0.1) is 0 Å². The molecule has 2 heterocycles. The van der Waals surface area contributed by atoms with Gasteiger partial charge in [-0.1, -0.05) is 17.3 Å². The van der Waals surface area contributed by atoms with Crippen molar-refractivity contribution in [2.24, 2.45) is 0 Å². The van der Waals surface area contributed by atoms with E-state index in [1.165, 1.54) is 6.20 Å². The van der Waals surface area contributed by atoms with E-state index in [1.54, 1.807) is 32.4 Å². The molecule has 8 nitrogen and oxygen atoms in total. The van der Waals surface area contributed by atoms with Crippen LogP contribution in [-0.2, 0) is 6.54 Å². The Balaban J connectivity index is 1.45. The Labute approximate surface area is 166 Å². The molecule has 0 saturated carbocycles. The molecule has 0 atom stereocenters. The second kappa shape index (κ2) is 7.97. The second-order valence-corrected chi connectivity index (χ2v) is 6.18. The normalized spacial score (nSPS) is 10.7. The van der Waals surface area contributed by atoms with E-state index in [0.717, 1.165) is 11.1 Å². The minimum absolute atomic E-state index is 0.199. The largest absolute Gasteiger partial charge is 0.493 e. The smallest absolute Gasteiger partial charge is 0.271 e. The van der Waals surface area contributed by atoms with Crippen LogP contribution in [0.15, 0.2) is 59.3 Å². The van der Waals surface area contributed by atoms with Crippen LogP contribution in [-0.4, -0.2) is 35.3 Å². The molecule has 0 aliphatic heterocycles. The van der Waals surface area contributed by atoms with Crippen molar-refractivity contribution in [1.29, 1.82) is 0 Å². The maximum Gasteiger partial charge on any atom is 0.271 e. The number of carbonyl (C=O) groups excluding carboxylic acids is 1. The summed E-state index contributed by atoms with van der Waals surface area (Å²) < 4.78 is 15.9. The third-order valence-corrected chi connectivity index (χ3v) is 4.34. The number of nitrogens with one attached hydrogen (secondary N) is 1. The van der Waals surface area contributed by atoms with Gasteiger partial charge in [-0.2, -0.15) is 0 Å². The summed E-state index contributed by atoms with van der Waals surface area (Å²) in [6, 6.07) is 14.6. The minimum Gasteiger partial charge on any atom is -0.493 e. The fourth-order valence-corrected chi connectivity index (χ4v) is 2.85. The highest BCUT2D eigenvalue weighted by atomic mass is 16.5. The van der Waals surface area contributed by atoms with Crippen molar-refractivity contribution >= 4 is 16.9 Å². The van der Waals surface area contributed by atoms with E-state index in [2.05, 4.69) is 20.4 Å². The van der Waals surface area contributed by atoms with E-state index >= 15 is 0 Å². The lowest BCUT2D eigenvalue weighted by Crippen LogP contribution is -2.24. The lowest BCUT2D eigenvalue weighted by molar-refractivity contribution is 0.0945. The highest BCUT2D eigenvalue weighted by Gasteiger charge is 2.13. The van der Waals surface area contributed by atoms with Crippen LogP contribution in [0.3, 0.4) is 0 Å². The summed E-state index contributed by atoms with van der Waals surface area (Å²) >= 11 is 0. The number of amides is 1. The van der Waals surface area contributed by atoms with Crippen molar-refractivity contribution in [3.05, 3.63) is 66.1 Å². The Morgan fingerprint density at radius 2 is 1.83 bits per heavy atom. The number of para-hydroxylation sites is 2. The van der Waals surface area contributed by atoms with Crippen LogP contribution < -0.4 is 14.8 Å². The molecule has 4 aromatic rings. The predicted molar refractivity (Wildman–Crippen MR) is 106 cm³/mol. The van der Waals surface area contributed by atoms with Gasteiger partial charge in [0, 0.05) is 11.6 Å². The Kier molecular flexibility index (Phi) is 5.07. The molecule has 0 radical (unpaired) electrons. The lowest BCUT2D eigenvalue weighted by Gasteiger charge is -2.07. The zero-order valence-corrected chi connectivity index (χ0v) is 15.9. The van der Waals surface area contributed by atoms with Gasteiger partial charge in [0.1, 0.15) is 11.4 Å². The highest BCUT2D eigenvalue weighted by Crippen LogP contribution is 2.32. The van der Waals surface area contributed by atoms with Gasteiger partial charge in [0.15, 0.2) is 17.3 Å². The predicted octanol–water partition coefficient (Wildman–Crippen LogP) is 3.23. The van der Waals surface area contributed by atoms with Crippen LogP contribution in [0.2, 0.25) is 0 Å². The number of aromatic nitrogens is 3. The van der Waals surface area contributed by atoms with Crippen LogP contribution in [0, 0.1) is 0 Å². The van der Waals surface area contributed by atoms with Gasteiger partial charge in [0.2, 0.25) is 0 Å². The number of fused-ring (bicyclic) bond motifs is 1. The molecular formula is C21H18N4O4. The summed E-state index contributed by atoms with van der Waals surface area (Å²) in [5.41, 5.74) is 3.01. The van der Waals surface area contributed by atoms with Crippen molar-refractivity contribution < 1.29 is 18.8 Å². The molecule has 0 saturated heterocycles. The molecule has 1 amide bonds. The zero-order chi connectivity index (χ0) is 20.2. The van der Waals surface area contributed by atoms with E-state index in [0.29, 0.717) is 28.5 Å². The third kappa shape index (κ3) is 3.86. The molecule has 0 bridgehead atoms. The number of rotatable bonds is 6. The van der Waals surface area contributed by atoms with Gasteiger partial charge in [-0.25, -0.2) is 4.98 Å². The van der Waals surface area contributed by atoms with Crippen LogP contribution in [0.5, 0.6) is 11.5 Å². The Morgan fingerprint density at radius 3 is 2.62 bits per heavy atom. The topological polar surface area (TPSA) is 99.4 Å². The molecule has 1 N–H and O–H groups in total. The third-order valence-electron chi connectivity index (χ3n) is 4.34. The number of nitrogens with zero attached hydrogens (tertiary/aromatic N) is 3. The van der Waals surface area contributed by atoms with Crippen LogP contribution in [0.1, 0.15) is 16.2 Å². The number of hydrogen-bond donors (Lipinski definition) is 1. The second-order valence-electron chi connectivity index (χ2n) is 6.18. The lowest BCUT2D eigenvalue weighted by atomic mass is 10.1. The van der Waals surface area contributed by atoms with Crippen molar-refractivity contribution in [1.82, 2.24) is 20.4 Å². The summed E-state index contributed by atoms with van der Waals surface area (Å²) in [6.07, 6.45) is 1.45. The quantitative estimate of drug-likeness (QED) is 0.539. The van der Waals surface area contributed by atoms with Crippen molar-refractivity contribution in [2.75, 3.05) is 14.2 Å². The van der Waals surface area contributed by atoms with Gasteiger partial charge in [-0.05, 0) is 30.3 Å². The summed E-state index contributed by atoms with van der Waals surface area (Å²) in [7, 11) is 3.14. The van der Waals surface area contributed by atoms with Gasteiger partial charge < -0.3 is 19.3 Å². The monoisotopic (exact) mass is 390 g/mol. The highest BCUT2D eigenvalue weighted by molar-refractivity contribution is 5.93. The van der Waals surface area contributed by atoms with E-state index in [9.17, 15) is 4.79 Å². The fraction of sp³-hybridized carbons (Fsp3) is 0.143. The summed E-state index contributed by atoms with van der Waals surface area (Å²) in [5, 5.41) is 6.79. The van der Waals surface area contributed by atoms with Crippen molar-refractivity contribution in [3.63, 3.8) is 0 Å². The maximum atomic E-state index is 12.4. The van der Waals surface area contributed by atoms with Gasteiger partial charge in [0.05, 0.1) is 38.0 Å². The molecule has 0 fully saturated rings. The number of ether oxygens (including phenoxy) is 2. The van der Waals surface area contributed by atoms with E-state index in [4.69, 9.17) is 14.0 Å². The van der Waals surface area contributed by atoms with Crippen molar-refractivity contribution in [2.45, 2.75) is 6.54 Å².